The minimum Gasteiger partial charge on any atom is -0.462 e. The van der Waals surface area contributed by atoms with E-state index in [2.05, 4.69) is 0 Å². The van der Waals surface area contributed by atoms with Gasteiger partial charge in [-0.05, 0) is 24.6 Å². The molecular formula is C18H20N2O6S2. The number of fused-ring (bicyclic) bond motifs is 1. The van der Waals surface area contributed by atoms with Crippen molar-refractivity contribution in [1.29, 1.82) is 0 Å². The van der Waals surface area contributed by atoms with E-state index in [0.717, 1.165) is 4.88 Å². The normalized spacial score (nSPS) is 16.4. The zero-order valence-corrected chi connectivity index (χ0v) is 17.3. The third-order valence-corrected chi connectivity index (χ3v) is 7.86. The first-order valence-electron chi connectivity index (χ1n) is 8.62. The number of carbonyl (C=O) groups excluding carboxylic acids is 1. The molecule has 0 aliphatic carbocycles. The van der Waals surface area contributed by atoms with Crippen molar-refractivity contribution in [3.63, 3.8) is 0 Å². The number of nitrogens with zero attached hydrogens (tertiary/aromatic N) is 2. The van der Waals surface area contributed by atoms with Gasteiger partial charge in [-0.3, -0.25) is 10.1 Å². The second kappa shape index (κ2) is 7.26. The van der Waals surface area contributed by atoms with Crippen molar-refractivity contribution in [2.24, 2.45) is 0 Å². The number of thiophene rings is 1. The lowest BCUT2D eigenvalue weighted by Crippen LogP contribution is -2.44. The Balaban J connectivity index is 2.03. The van der Waals surface area contributed by atoms with Crippen LogP contribution in [0.15, 0.2) is 35.2 Å². The Morgan fingerprint density at radius 2 is 2.04 bits per heavy atom. The fourth-order valence-electron chi connectivity index (χ4n) is 3.32. The number of hydrogen-bond acceptors (Lipinski definition) is 7. The molecule has 0 saturated carbocycles. The molecule has 0 amide bonds. The molecule has 8 nitrogen and oxygen atoms in total. The molecule has 3 rings (SSSR count). The number of nitro benzene ring substituents is 1. The van der Waals surface area contributed by atoms with Gasteiger partial charge in [-0.25, -0.2) is 13.2 Å². The molecule has 0 bridgehead atoms. The molecule has 0 N–H and O–H groups in total. The van der Waals surface area contributed by atoms with E-state index in [0.29, 0.717) is 10.4 Å². The minimum atomic E-state index is -4.09. The molecule has 0 saturated heterocycles. The highest BCUT2D eigenvalue weighted by molar-refractivity contribution is 7.89. The Morgan fingerprint density at radius 3 is 2.68 bits per heavy atom. The molecule has 1 aromatic carbocycles. The number of nitro groups is 1. The summed E-state index contributed by atoms with van der Waals surface area (Å²) < 4.78 is 32.7. The van der Waals surface area contributed by atoms with Gasteiger partial charge in [0.15, 0.2) is 4.90 Å². The van der Waals surface area contributed by atoms with E-state index in [1.165, 1.54) is 39.9 Å². The summed E-state index contributed by atoms with van der Waals surface area (Å²) in [5, 5.41) is 11.3. The number of carbonyl (C=O) groups is 1. The summed E-state index contributed by atoms with van der Waals surface area (Å²) in [6.45, 7) is 5.94. The third kappa shape index (κ3) is 3.54. The number of benzene rings is 1. The van der Waals surface area contributed by atoms with Crippen molar-refractivity contribution >= 4 is 33.0 Å². The van der Waals surface area contributed by atoms with E-state index in [1.54, 1.807) is 13.0 Å². The van der Waals surface area contributed by atoms with Crippen LogP contribution in [0.5, 0.6) is 0 Å². The fourth-order valence-corrected chi connectivity index (χ4v) is 6.21. The maximum Gasteiger partial charge on any atom is 0.348 e. The topological polar surface area (TPSA) is 107 Å². The lowest BCUT2D eigenvalue weighted by molar-refractivity contribution is -0.387. The maximum atomic E-state index is 13.2. The van der Waals surface area contributed by atoms with E-state index >= 15 is 0 Å². The molecule has 0 spiro atoms. The van der Waals surface area contributed by atoms with Gasteiger partial charge in [0, 0.05) is 29.4 Å². The average Bonchev–Trinajstić information content (AvgIpc) is 3.07. The van der Waals surface area contributed by atoms with Crippen LogP contribution in [0, 0.1) is 10.1 Å². The summed E-state index contributed by atoms with van der Waals surface area (Å²) in [7, 11) is -4.09. The first-order chi connectivity index (χ1) is 13.1. The van der Waals surface area contributed by atoms with Gasteiger partial charge >= 0.3 is 5.97 Å². The monoisotopic (exact) mass is 424 g/mol. The Kier molecular flexibility index (Phi) is 5.30. The Morgan fingerprint density at radius 1 is 1.36 bits per heavy atom. The van der Waals surface area contributed by atoms with Crippen LogP contribution in [0.3, 0.4) is 0 Å². The Hall–Kier alpha value is -2.30. The van der Waals surface area contributed by atoms with E-state index in [4.69, 9.17) is 4.74 Å². The molecule has 1 aliphatic heterocycles. The molecule has 2 heterocycles. The van der Waals surface area contributed by atoms with E-state index in [9.17, 15) is 23.3 Å². The van der Waals surface area contributed by atoms with Crippen LogP contribution in [0.25, 0.3) is 0 Å². The zero-order valence-electron chi connectivity index (χ0n) is 15.7. The van der Waals surface area contributed by atoms with E-state index < -0.39 is 32.0 Å². The number of para-hydroxylation sites is 1. The minimum absolute atomic E-state index is 0.0447. The van der Waals surface area contributed by atoms with Gasteiger partial charge in [-0.15, -0.1) is 11.3 Å². The first kappa shape index (κ1) is 20.4. The molecule has 0 fully saturated rings. The summed E-state index contributed by atoms with van der Waals surface area (Å²) in [4.78, 5) is 23.7. The molecule has 1 aromatic heterocycles. The summed E-state index contributed by atoms with van der Waals surface area (Å²) in [5.41, 5.74) is -0.297. The number of esters is 1. The van der Waals surface area contributed by atoms with Gasteiger partial charge in [-0.2, -0.15) is 4.31 Å². The molecule has 1 aliphatic rings. The van der Waals surface area contributed by atoms with Crippen molar-refractivity contribution in [3.05, 3.63) is 55.8 Å². The van der Waals surface area contributed by atoms with Crippen molar-refractivity contribution in [1.82, 2.24) is 4.31 Å². The van der Waals surface area contributed by atoms with Crippen molar-refractivity contribution < 1.29 is 22.9 Å². The van der Waals surface area contributed by atoms with Crippen LogP contribution in [0.2, 0.25) is 0 Å². The van der Waals surface area contributed by atoms with Crippen molar-refractivity contribution in [2.75, 3.05) is 13.2 Å². The summed E-state index contributed by atoms with van der Waals surface area (Å²) >= 11 is 1.30. The molecular weight excluding hydrogens is 404 g/mol. The van der Waals surface area contributed by atoms with Crippen LogP contribution in [-0.2, 0) is 26.7 Å². The van der Waals surface area contributed by atoms with Gasteiger partial charge in [0.25, 0.3) is 5.69 Å². The summed E-state index contributed by atoms with van der Waals surface area (Å²) in [5.74, 6) is -0.439. The number of sulfonamides is 1. The van der Waals surface area contributed by atoms with Crippen LogP contribution in [0.4, 0.5) is 5.69 Å². The Labute approximate surface area is 166 Å². The number of hydrogen-bond donors (Lipinski definition) is 0. The van der Waals surface area contributed by atoms with Crippen molar-refractivity contribution in [2.45, 2.75) is 37.6 Å². The predicted octanol–water partition coefficient (Wildman–Crippen LogP) is 3.32. The molecule has 0 radical (unpaired) electrons. The van der Waals surface area contributed by atoms with Crippen LogP contribution < -0.4 is 0 Å². The molecule has 0 unspecified atom stereocenters. The van der Waals surface area contributed by atoms with Crippen molar-refractivity contribution in [3.8, 4) is 0 Å². The highest BCUT2D eigenvalue weighted by Gasteiger charge is 2.41. The summed E-state index contributed by atoms with van der Waals surface area (Å²) in [6, 6.07) is 6.97. The second-order valence-corrected chi connectivity index (χ2v) is 10.0. The number of ether oxygens (including phenoxy) is 1. The molecule has 2 aromatic rings. The molecule has 0 atom stereocenters. The van der Waals surface area contributed by atoms with Gasteiger partial charge < -0.3 is 4.74 Å². The van der Waals surface area contributed by atoms with E-state index in [-0.39, 0.29) is 24.6 Å². The first-order valence-corrected chi connectivity index (χ1v) is 10.9. The van der Waals surface area contributed by atoms with Gasteiger partial charge in [0.2, 0.25) is 10.0 Å². The predicted molar refractivity (Wildman–Crippen MR) is 104 cm³/mol. The summed E-state index contributed by atoms with van der Waals surface area (Å²) in [6.07, 6.45) is 0. The highest BCUT2D eigenvalue weighted by atomic mass is 32.2. The molecule has 10 heteroatoms. The highest BCUT2D eigenvalue weighted by Crippen LogP contribution is 2.41. The van der Waals surface area contributed by atoms with Crippen LogP contribution in [-0.4, -0.2) is 36.8 Å². The van der Waals surface area contributed by atoms with E-state index in [1.807, 2.05) is 13.8 Å². The average molecular weight is 425 g/mol. The lowest BCUT2D eigenvalue weighted by atomic mass is 9.86. The van der Waals surface area contributed by atoms with Gasteiger partial charge in [0.05, 0.1) is 11.5 Å². The van der Waals surface area contributed by atoms with Gasteiger partial charge in [-0.1, -0.05) is 26.0 Å². The fraction of sp³-hybridized carbons (Fsp3) is 0.389. The van der Waals surface area contributed by atoms with Crippen LogP contribution in [0.1, 0.15) is 40.9 Å². The molecule has 150 valence electrons. The van der Waals surface area contributed by atoms with Gasteiger partial charge in [0.1, 0.15) is 4.88 Å². The largest absolute Gasteiger partial charge is 0.462 e. The number of rotatable bonds is 5. The lowest BCUT2D eigenvalue weighted by Gasteiger charge is -2.37. The van der Waals surface area contributed by atoms with Crippen LogP contribution >= 0.6 is 11.3 Å². The third-order valence-electron chi connectivity index (χ3n) is 4.50. The quantitative estimate of drug-likeness (QED) is 0.414. The maximum absolute atomic E-state index is 13.2. The standard InChI is InChI=1S/C18H20N2O6S2/c1-4-26-17(21)14-9-12-10-19(11-18(2,3)16(12)27-14)28(24,25)15-8-6-5-7-13(15)20(22)23/h5-9H,4,10-11H2,1-3H3. The zero-order chi connectivity index (χ0) is 20.7. The second-order valence-electron chi connectivity index (χ2n) is 7.07. The smallest absolute Gasteiger partial charge is 0.348 e. The SMILES string of the molecule is CCOC(=O)c1cc2c(s1)C(C)(C)CN(S(=O)(=O)c1ccccc1[N+](=O)[O-])C2. The Bertz CT molecular complexity index is 1040. The molecule has 28 heavy (non-hydrogen) atoms.